The molecule has 3 aromatic rings. The van der Waals surface area contributed by atoms with E-state index in [9.17, 15) is 14.7 Å². The minimum Gasteiger partial charge on any atom is -0.390 e. The van der Waals surface area contributed by atoms with Gasteiger partial charge >= 0.3 is 5.69 Å². The van der Waals surface area contributed by atoms with E-state index in [1.54, 1.807) is 11.6 Å². The quantitative estimate of drug-likeness (QED) is 0.638. The first-order chi connectivity index (χ1) is 14.0. The molecule has 29 heavy (non-hydrogen) atoms. The molecule has 9 nitrogen and oxygen atoms in total. The van der Waals surface area contributed by atoms with Crippen molar-refractivity contribution in [3.05, 3.63) is 51.2 Å². The Balaban J connectivity index is 1.81. The third-order valence-electron chi connectivity index (χ3n) is 5.35. The number of ether oxygens (including phenoxy) is 1. The number of hydrogen-bond donors (Lipinski definition) is 1. The van der Waals surface area contributed by atoms with Gasteiger partial charge in [-0.3, -0.25) is 18.8 Å². The zero-order valence-corrected chi connectivity index (χ0v) is 16.6. The zero-order chi connectivity index (χ0) is 20.5. The highest BCUT2D eigenvalue weighted by Gasteiger charge is 2.23. The number of aromatic nitrogens is 4. The summed E-state index contributed by atoms with van der Waals surface area (Å²) in [5.41, 5.74) is 0.596. The van der Waals surface area contributed by atoms with Gasteiger partial charge in [-0.2, -0.15) is 0 Å². The van der Waals surface area contributed by atoms with E-state index in [4.69, 9.17) is 4.74 Å². The van der Waals surface area contributed by atoms with E-state index in [1.165, 1.54) is 11.6 Å². The van der Waals surface area contributed by atoms with Crippen molar-refractivity contribution < 1.29 is 9.84 Å². The van der Waals surface area contributed by atoms with E-state index >= 15 is 0 Å². The van der Waals surface area contributed by atoms with Crippen molar-refractivity contribution in [2.45, 2.75) is 12.6 Å². The Kier molecular flexibility index (Phi) is 5.35. The third kappa shape index (κ3) is 3.64. The molecule has 0 amide bonds. The molecule has 9 heteroatoms. The van der Waals surface area contributed by atoms with Crippen LogP contribution in [-0.4, -0.2) is 67.6 Å². The van der Waals surface area contributed by atoms with Crippen molar-refractivity contribution in [3.63, 3.8) is 0 Å². The SMILES string of the molecule is Cn1c(=O)c2c(nc(-c3ccccc3)n2C[C@H](O)CN2CCOCC2)n(C)c1=O. The molecule has 0 spiro atoms. The monoisotopic (exact) mass is 399 g/mol. The standard InChI is InChI=1S/C20H25N5O4/c1-22-18-16(19(27)23(2)20(22)28)25(17(21-18)14-6-4-3-5-7-14)13-15(26)12-24-8-10-29-11-9-24/h3-7,15,26H,8-13H2,1-2H3/t15-/m1/s1. The van der Waals surface area contributed by atoms with Crippen molar-refractivity contribution in [1.29, 1.82) is 0 Å². The van der Waals surface area contributed by atoms with Crippen molar-refractivity contribution in [2.75, 3.05) is 32.8 Å². The van der Waals surface area contributed by atoms with E-state index < -0.39 is 17.4 Å². The first-order valence-corrected chi connectivity index (χ1v) is 9.67. The smallest absolute Gasteiger partial charge is 0.332 e. The minimum absolute atomic E-state index is 0.200. The molecule has 1 atom stereocenters. The van der Waals surface area contributed by atoms with Gasteiger partial charge in [0.1, 0.15) is 5.82 Å². The second-order valence-corrected chi connectivity index (χ2v) is 7.36. The number of imidazole rings is 1. The number of aliphatic hydroxyl groups is 1. The fourth-order valence-electron chi connectivity index (χ4n) is 3.78. The predicted octanol–water partition coefficient (Wildman–Crippen LogP) is -0.206. The van der Waals surface area contributed by atoms with Gasteiger partial charge in [-0.05, 0) is 0 Å². The summed E-state index contributed by atoms with van der Waals surface area (Å²) in [6, 6.07) is 9.47. The average molecular weight is 399 g/mol. The molecule has 154 valence electrons. The van der Waals surface area contributed by atoms with Crippen LogP contribution in [0.2, 0.25) is 0 Å². The highest BCUT2D eigenvalue weighted by Crippen LogP contribution is 2.23. The van der Waals surface area contributed by atoms with Gasteiger partial charge < -0.3 is 14.4 Å². The molecule has 0 saturated carbocycles. The summed E-state index contributed by atoms with van der Waals surface area (Å²) in [6.45, 7) is 3.51. The lowest BCUT2D eigenvalue weighted by Gasteiger charge is -2.28. The fraction of sp³-hybridized carbons (Fsp3) is 0.450. The molecule has 1 aliphatic heterocycles. The molecule has 0 bridgehead atoms. The van der Waals surface area contributed by atoms with Crippen LogP contribution in [0.4, 0.5) is 0 Å². The maximum Gasteiger partial charge on any atom is 0.332 e. The van der Waals surface area contributed by atoms with Crippen LogP contribution in [0, 0.1) is 0 Å². The summed E-state index contributed by atoms with van der Waals surface area (Å²) in [4.78, 5) is 32.0. The molecule has 4 rings (SSSR count). The van der Waals surface area contributed by atoms with Gasteiger partial charge in [0.25, 0.3) is 5.56 Å². The predicted molar refractivity (Wildman–Crippen MR) is 109 cm³/mol. The molecule has 0 unspecified atom stereocenters. The molecule has 0 aliphatic carbocycles. The second-order valence-electron chi connectivity index (χ2n) is 7.36. The summed E-state index contributed by atoms with van der Waals surface area (Å²) in [7, 11) is 3.05. The lowest BCUT2D eigenvalue weighted by Crippen LogP contribution is -2.42. The summed E-state index contributed by atoms with van der Waals surface area (Å²) in [5, 5.41) is 10.8. The molecular weight excluding hydrogens is 374 g/mol. The molecule has 1 N–H and O–H groups in total. The Morgan fingerprint density at radius 2 is 1.76 bits per heavy atom. The van der Waals surface area contributed by atoms with Crippen LogP contribution in [0.15, 0.2) is 39.9 Å². The molecule has 1 aliphatic rings. The molecule has 2 aromatic heterocycles. The highest BCUT2D eigenvalue weighted by molar-refractivity contribution is 5.77. The van der Waals surface area contributed by atoms with Crippen LogP contribution < -0.4 is 11.2 Å². The first kappa shape index (κ1) is 19.6. The van der Waals surface area contributed by atoms with E-state index in [1.807, 2.05) is 30.3 Å². The largest absolute Gasteiger partial charge is 0.390 e. The topological polar surface area (TPSA) is 94.5 Å². The van der Waals surface area contributed by atoms with Crippen LogP contribution in [0.3, 0.4) is 0 Å². The molecule has 1 fully saturated rings. The lowest BCUT2D eigenvalue weighted by molar-refractivity contribution is 0.0118. The van der Waals surface area contributed by atoms with Gasteiger partial charge in [0.15, 0.2) is 11.2 Å². The fourth-order valence-corrected chi connectivity index (χ4v) is 3.78. The Bertz CT molecular complexity index is 1130. The van der Waals surface area contributed by atoms with E-state index in [0.717, 1.165) is 23.2 Å². The average Bonchev–Trinajstić information content (AvgIpc) is 3.11. The van der Waals surface area contributed by atoms with Gasteiger partial charge in [0.05, 0.1) is 25.9 Å². The molecular formula is C20H25N5O4. The van der Waals surface area contributed by atoms with Gasteiger partial charge in [0, 0.05) is 39.3 Å². The van der Waals surface area contributed by atoms with E-state index in [-0.39, 0.29) is 6.54 Å². The maximum atomic E-state index is 12.9. The molecule has 0 radical (unpaired) electrons. The maximum absolute atomic E-state index is 12.9. The number of aliphatic hydroxyl groups excluding tert-OH is 1. The molecule has 3 heterocycles. The zero-order valence-electron chi connectivity index (χ0n) is 16.6. The number of fused-ring (bicyclic) bond motifs is 1. The van der Waals surface area contributed by atoms with Crippen LogP contribution in [-0.2, 0) is 25.4 Å². The van der Waals surface area contributed by atoms with E-state index in [0.29, 0.717) is 36.7 Å². The van der Waals surface area contributed by atoms with Crippen molar-refractivity contribution in [3.8, 4) is 11.4 Å². The van der Waals surface area contributed by atoms with Crippen LogP contribution in [0.1, 0.15) is 0 Å². The summed E-state index contributed by atoms with van der Waals surface area (Å²) in [6.07, 6.45) is -0.699. The van der Waals surface area contributed by atoms with Crippen LogP contribution in [0.5, 0.6) is 0 Å². The number of rotatable bonds is 5. The van der Waals surface area contributed by atoms with Crippen molar-refractivity contribution >= 4 is 11.2 Å². The molecule has 1 aromatic carbocycles. The Labute approximate surface area is 167 Å². The number of benzene rings is 1. The summed E-state index contributed by atoms with van der Waals surface area (Å²) >= 11 is 0. The normalized spacial score (nSPS) is 16.4. The van der Waals surface area contributed by atoms with Crippen LogP contribution in [0.25, 0.3) is 22.6 Å². The third-order valence-corrected chi connectivity index (χ3v) is 5.35. The summed E-state index contributed by atoms with van der Waals surface area (Å²) in [5.74, 6) is 0.555. The first-order valence-electron chi connectivity index (χ1n) is 9.67. The Hall–Kier alpha value is -2.75. The number of hydrogen-bond acceptors (Lipinski definition) is 6. The lowest BCUT2D eigenvalue weighted by atomic mass is 10.2. The minimum atomic E-state index is -0.699. The Morgan fingerprint density at radius 1 is 1.07 bits per heavy atom. The van der Waals surface area contributed by atoms with Crippen molar-refractivity contribution in [2.24, 2.45) is 14.1 Å². The van der Waals surface area contributed by atoms with Crippen LogP contribution >= 0.6 is 0 Å². The highest BCUT2D eigenvalue weighted by atomic mass is 16.5. The van der Waals surface area contributed by atoms with Crippen molar-refractivity contribution in [1.82, 2.24) is 23.6 Å². The number of nitrogens with zero attached hydrogens (tertiary/aromatic N) is 5. The Morgan fingerprint density at radius 3 is 2.45 bits per heavy atom. The summed E-state index contributed by atoms with van der Waals surface area (Å²) < 4.78 is 9.54. The molecule has 1 saturated heterocycles. The van der Waals surface area contributed by atoms with Gasteiger partial charge in [-0.15, -0.1) is 0 Å². The van der Waals surface area contributed by atoms with Gasteiger partial charge in [0.2, 0.25) is 0 Å². The number of aryl methyl sites for hydroxylation is 1. The second kappa shape index (κ2) is 7.94. The van der Waals surface area contributed by atoms with E-state index in [2.05, 4.69) is 9.88 Å². The van der Waals surface area contributed by atoms with Gasteiger partial charge in [-0.1, -0.05) is 30.3 Å². The van der Waals surface area contributed by atoms with Gasteiger partial charge in [-0.25, -0.2) is 9.78 Å². The number of morpholine rings is 1. The number of β-amino-alcohol motifs (C(OH)–C–C–N with tert-alkyl or cyclic N) is 1.